The molecule has 0 aromatic heterocycles. The molecule has 1 heterocycles. The molecule has 1 aliphatic rings. The second-order valence-corrected chi connectivity index (χ2v) is 4.69. The smallest absolute Gasteiger partial charge is 0.407 e. The van der Waals surface area contributed by atoms with Gasteiger partial charge in [-0.05, 0) is 27.2 Å². The van der Waals surface area contributed by atoms with Gasteiger partial charge in [0.05, 0.1) is 6.61 Å². The van der Waals surface area contributed by atoms with Crippen molar-refractivity contribution in [1.29, 1.82) is 0 Å². The molecule has 1 saturated heterocycles. The molecule has 0 aromatic rings. The van der Waals surface area contributed by atoms with Crippen molar-refractivity contribution in [3.05, 3.63) is 0 Å². The summed E-state index contributed by atoms with van der Waals surface area (Å²) in [7, 11) is 0. The summed E-state index contributed by atoms with van der Waals surface area (Å²) in [6, 6.07) is 0. The molecule has 2 unspecified atom stereocenters. The Morgan fingerprint density at radius 2 is 2.27 bits per heavy atom. The minimum Gasteiger partial charge on any atom is -0.444 e. The normalized spacial score (nSPS) is 26.4. The van der Waals surface area contributed by atoms with Crippen molar-refractivity contribution >= 4 is 6.09 Å². The van der Waals surface area contributed by atoms with Crippen LogP contribution in [0, 0.1) is 5.92 Å². The zero-order valence-corrected chi connectivity index (χ0v) is 9.45. The second kappa shape index (κ2) is 4.81. The molecular formula is C10H19NO4. The first-order valence-electron chi connectivity index (χ1n) is 5.15. The Morgan fingerprint density at radius 3 is 2.73 bits per heavy atom. The van der Waals surface area contributed by atoms with Gasteiger partial charge in [0.15, 0.2) is 6.29 Å². The predicted octanol–water partition coefficient (Wildman–Crippen LogP) is 0.866. The first-order valence-corrected chi connectivity index (χ1v) is 5.15. The van der Waals surface area contributed by atoms with Gasteiger partial charge in [0, 0.05) is 12.5 Å². The molecule has 0 spiro atoms. The van der Waals surface area contributed by atoms with E-state index in [1.54, 1.807) is 20.8 Å². The highest BCUT2D eigenvalue weighted by atomic mass is 16.6. The molecule has 1 fully saturated rings. The summed E-state index contributed by atoms with van der Waals surface area (Å²) in [6.07, 6.45) is -0.460. The van der Waals surface area contributed by atoms with E-state index < -0.39 is 18.0 Å². The average Bonchev–Trinajstić information content (AvgIpc) is 2.44. The van der Waals surface area contributed by atoms with Crippen LogP contribution in [0.2, 0.25) is 0 Å². The molecule has 0 radical (unpaired) electrons. The number of carbonyl (C=O) groups excluding carboxylic acids is 1. The third-order valence-corrected chi connectivity index (χ3v) is 2.09. The van der Waals surface area contributed by atoms with Crippen LogP contribution in [0.1, 0.15) is 27.2 Å². The van der Waals surface area contributed by atoms with E-state index in [4.69, 9.17) is 9.47 Å². The number of ether oxygens (including phenoxy) is 2. The van der Waals surface area contributed by atoms with Gasteiger partial charge in [-0.15, -0.1) is 0 Å². The lowest BCUT2D eigenvalue weighted by atomic mass is 10.1. The SMILES string of the molecule is CC(C)(C)OC(=O)NCC1CCOC1O. The van der Waals surface area contributed by atoms with E-state index >= 15 is 0 Å². The van der Waals surface area contributed by atoms with Crippen molar-refractivity contribution < 1.29 is 19.4 Å². The minimum atomic E-state index is -0.764. The number of alkyl carbamates (subject to hydrolysis) is 1. The molecule has 1 amide bonds. The number of nitrogens with one attached hydrogen (secondary N) is 1. The summed E-state index contributed by atoms with van der Waals surface area (Å²) in [6.45, 7) is 6.35. The maximum atomic E-state index is 11.3. The van der Waals surface area contributed by atoms with E-state index in [1.165, 1.54) is 0 Å². The van der Waals surface area contributed by atoms with E-state index in [-0.39, 0.29) is 5.92 Å². The Balaban J connectivity index is 2.22. The van der Waals surface area contributed by atoms with Gasteiger partial charge in [-0.3, -0.25) is 0 Å². The maximum absolute atomic E-state index is 11.3. The lowest BCUT2D eigenvalue weighted by molar-refractivity contribution is -0.0814. The third-order valence-electron chi connectivity index (χ3n) is 2.09. The van der Waals surface area contributed by atoms with E-state index in [2.05, 4.69) is 5.32 Å². The van der Waals surface area contributed by atoms with Gasteiger partial charge in [0.25, 0.3) is 0 Å². The summed E-state index contributed by atoms with van der Waals surface area (Å²) >= 11 is 0. The molecule has 2 N–H and O–H groups in total. The van der Waals surface area contributed by atoms with Gasteiger partial charge < -0.3 is 19.9 Å². The van der Waals surface area contributed by atoms with E-state index in [1.807, 2.05) is 0 Å². The number of hydrogen-bond donors (Lipinski definition) is 2. The number of rotatable bonds is 2. The van der Waals surface area contributed by atoms with Crippen LogP contribution < -0.4 is 5.32 Å². The molecule has 88 valence electrons. The monoisotopic (exact) mass is 217 g/mol. The summed E-state index contributed by atoms with van der Waals surface area (Å²) in [5.74, 6) is -0.0301. The van der Waals surface area contributed by atoms with Gasteiger partial charge in [0.2, 0.25) is 0 Å². The zero-order valence-electron chi connectivity index (χ0n) is 9.45. The van der Waals surface area contributed by atoms with Crippen molar-refractivity contribution in [2.45, 2.75) is 39.1 Å². The van der Waals surface area contributed by atoms with Crippen LogP contribution in [0.5, 0.6) is 0 Å². The first-order chi connectivity index (χ1) is 6.88. The maximum Gasteiger partial charge on any atom is 0.407 e. The van der Waals surface area contributed by atoms with Crippen molar-refractivity contribution in [3.8, 4) is 0 Å². The van der Waals surface area contributed by atoms with Crippen molar-refractivity contribution in [2.75, 3.05) is 13.2 Å². The van der Waals surface area contributed by atoms with Crippen LogP contribution in [0.4, 0.5) is 4.79 Å². The van der Waals surface area contributed by atoms with Crippen LogP contribution in [0.3, 0.4) is 0 Å². The highest BCUT2D eigenvalue weighted by molar-refractivity contribution is 5.67. The molecule has 0 aliphatic carbocycles. The summed E-state index contributed by atoms with van der Waals surface area (Å²) in [5, 5.41) is 11.9. The number of carbonyl (C=O) groups is 1. The number of aliphatic hydroxyl groups is 1. The minimum absolute atomic E-state index is 0.0301. The topological polar surface area (TPSA) is 67.8 Å². The fourth-order valence-electron chi connectivity index (χ4n) is 1.35. The fraction of sp³-hybridized carbons (Fsp3) is 0.900. The Bertz CT molecular complexity index is 224. The van der Waals surface area contributed by atoms with Crippen molar-refractivity contribution in [3.63, 3.8) is 0 Å². The predicted molar refractivity (Wildman–Crippen MR) is 54.3 cm³/mol. The Morgan fingerprint density at radius 1 is 1.60 bits per heavy atom. The van der Waals surface area contributed by atoms with E-state index in [0.717, 1.165) is 6.42 Å². The Kier molecular flexibility index (Phi) is 3.93. The lowest BCUT2D eigenvalue weighted by Gasteiger charge is -2.21. The van der Waals surface area contributed by atoms with Gasteiger partial charge in [-0.2, -0.15) is 0 Å². The van der Waals surface area contributed by atoms with Gasteiger partial charge in [-0.25, -0.2) is 4.79 Å². The van der Waals surface area contributed by atoms with Crippen LogP contribution >= 0.6 is 0 Å². The highest BCUT2D eigenvalue weighted by Crippen LogP contribution is 2.17. The molecular weight excluding hydrogens is 198 g/mol. The molecule has 1 rings (SSSR count). The van der Waals surface area contributed by atoms with Gasteiger partial charge in [-0.1, -0.05) is 0 Å². The van der Waals surface area contributed by atoms with E-state index in [0.29, 0.717) is 13.2 Å². The number of amides is 1. The largest absolute Gasteiger partial charge is 0.444 e. The molecule has 0 aromatic carbocycles. The van der Waals surface area contributed by atoms with Crippen LogP contribution in [-0.2, 0) is 9.47 Å². The van der Waals surface area contributed by atoms with Crippen LogP contribution in [-0.4, -0.2) is 36.2 Å². The van der Waals surface area contributed by atoms with Crippen LogP contribution in [0.15, 0.2) is 0 Å². The average molecular weight is 217 g/mol. The molecule has 1 aliphatic heterocycles. The summed E-state index contributed by atoms with van der Waals surface area (Å²) < 4.78 is 10.0. The van der Waals surface area contributed by atoms with Gasteiger partial charge >= 0.3 is 6.09 Å². The Hall–Kier alpha value is -0.810. The number of hydrogen-bond acceptors (Lipinski definition) is 4. The molecule has 5 nitrogen and oxygen atoms in total. The van der Waals surface area contributed by atoms with E-state index in [9.17, 15) is 9.90 Å². The van der Waals surface area contributed by atoms with Gasteiger partial charge in [0.1, 0.15) is 5.60 Å². The molecule has 15 heavy (non-hydrogen) atoms. The summed E-state index contributed by atoms with van der Waals surface area (Å²) in [4.78, 5) is 11.3. The number of aliphatic hydroxyl groups excluding tert-OH is 1. The molecule has 2 atom stereocenters. The molecule has 0 bridgehead atoms. The third kappa shape index (κ3) is 4.48. The molecule has 0 saturated carbocycles. The highest BCUT2D eigenvalue weighted by Gasteiger charge is 2.27. The Labute approximate surface area is 89.8 Å². The molecule has 5 heteroatoms. The van der Waals surface area contributed by atoms with Crippen molar-refractivity contribution in [1.82, 2.24) is 5.32 Å². The summed E-state index contributed by atoms with van der Waals surface area (Å²) in [5.41, 5.74) is -0.491. The fourth-order valence-corrected chi connectivity index (χ4v) is 1.35. The standard InChI is InChI=1S/C10H19NO4/c1-10(2,3)15-9(13)11-6-7-4-5-14-8(7)12/h7-8,12H,4-6H2,1-3H3,(H,11,13). The van der Waals surface area contributed by atoms with Crippen LogP contribution in [0.25, 0.3) is 0 Å². The zero-order chi connectivity index (χ0) is 11.5. The quantitative estimate of drug-likeness (QED) is 0.720. The lowest BCUT2D eigenvalue weighted by Crippen LogP contribution is -2.37. The second-order valence-electron chi connectivity index (χ2n) is 4.69. The van der Waals surface area contributed by atoms with Crippen molar-refractivity contribution in [2.24, 2.45) is 5.92 Å². The first kappa shape index (κ1) is 12.3.